The molecule has 108 valence electrons. The predicted octanol–water partition coefficient (Wildman–Crippen LogP) is 5.96. The fourth-order valence-corrected chi connectivity index (χ4v) is 3.62. The van der Waals surface area contributed by atoms with Crippen LogP contribution in [0, 0.1) is 0 Å². The number of nitrogens with one attached hydrogen (secondary N) is 1. The van der Waals surface area contributed by atoms with E-state index >= 15 is 0 Å². The molecule has 1 aliphatic rings. The SMILES string of the molecule is Brc1cc2c(c(-c3ccccc3)c1)Nc1ccccc1CC2. The van der Waals surface area contributed by atoms with Gasteiger partial charge in [-0.1, -0.05) is 64.5 Å². The molecule has 0 fully saturated rings. The van der Waals surface area contributed by atoms with Gasteiger partial charge in [-0.2, -0.15) is 0 Å². The first-order valence-electron chi connectivity index (χ1n) is 7.54. The minimum atomic E-state index is 1.05. The van der Waals surface area contributed by atoms with Gasteiger partial charge < -0.3 is 5.32 Å². The van der Waals surface area contributed by atoms with E-state index in [9.17, 15) is 0 Å². The Kier molecular flexibility index (Phi) is 3.47. The van der Waals surface area contributed by atoms with E-state index in [1.165, 1.54) is 33.6 Å². The molecule has 3 aromatic carbocycles. The standard InChI is InChI=1S/C20H16BrN/c21-17-12-16-11-10-15-8-4-5-9-19(15)22-20(16)18(13-17)14-6-2-1-3-7-14/h1-9,12-13,22H,10-11H2. The van der Waals surface area contributed by atoms with Crippen LogP contribution in [0.3, 0.4) is 0 Å². The monoisotopic (exact) mass is 349 g/mol. The maximum Gasteiger partial charge on any atom is 0.0497 e. The highest BCUT2D eigenvalue weighted by molar-refractivity contribution is 9.10. The topological polar surface area (TPSA) is 12.0 Å². The molecule has 1 heterocycles. The van der Waals surface area contributed by atoms with Crippen molar-refractivity contribution in [1.82, 2.24) is 0 Å². The Morgan fingerprint density at radius 3 is 2.36 bits per heavy atom. The quantitative estimate of drug-likeness (QED) is 0.571. The van der Waals surface area contributed by atoms with Crippen LogP contribution in [0.15, 0.2) is 71.2 Å². The minimum absolute atomic E-state index is 1.05. The molecule has 0 radical (unpaired) electrons. The molecule has 0 unspecified atom stereocenters. The third-order valence-electron chi connectivity index (χ3n) is 4.21. The second-order valence-electron chi connectivity index (χ2n) is 5.64. The number of hydrogen-bond donors (Lipinski definition) is 1. The molecule has 0 amide bonds. The Labute approximate surface area is 139 Å². The van der Waals surface area contributed by atoms with Crippen molar-refractivity contribution in [3.63, 3.8) is 0 Å². The van der Waals surface area contributed by atoms with Crippen LogP contribution in [0.5, 0.6) is 0 Å². The lowest BCUT2D eigenvalue weighted by atomic mass is 9.98. The van der Waals surface area contributed by atoms with Crippen molar-refractivity contribution in [3.8, 4) is 11.1 Å². The highest BCUT2D eigenvalue weighted by atomic mass is 79.9. The normalized spacial score (nSPS) is 12.8. The van der Waals surface area contributed by atoms with E-state index < -0.39 is 0 Å². The Morgan fingerprint density at radius 1 is 0.773 bits per heavy atom. The molecule has 2 heteroatoms. The van der Waals surface area contributed by atoms with Gasteiger partial charge in [0, 0.05) is 21.4 Å². The van der Waals surface area contributed by atoms with E-state index in [4.69, 9.17) is 0 Å². The van der Waals surface area contributed by atoms with Crippen molar-refractivity contribution in [3.05, 3.63) is 82.3 Å². The van der Waals surface area contributed by atoms with Crippen LogP contribution < -0.4 is 5.32 Å². The molecule has 1 nitrogen and oxygen atoms in total. The minimum Gasteiger partial charge on any atom is -0.355 e. The second-order valence-corrected chi connectivity index (χ2v) is 6.55. The molecule has 0 bridgehead atoms. The molecule has 0 saturated heterocycles. The molecule has 3 aromatic rings. The first kappa shape index (κ1) is 13.6. The summed E-state index contributed by atoms with van der Waals surface area (Å²) in [5.41, 5.74) is 7.70. The van der Waals surface area contributed by atoms with Gasteiger partial charge in [0.1, 0.15) is 0 Å². The molecule has 0 aromatic heterocycles. The largest absolute Gasteiger partial charge is 0.355 e. The van der Waals surface area contributed by atoms with Crippen LogP contribution in [-0.2, 0) is 12.8 Å². The molecular weight excluding hydrogens is 334 g/mol. The van der Waals surface area contributed by atoms with Crippen LogP contribution in [0.1, 0.15) is 11.1 Å². The van der Waals surface area contributed by atoms with Crippen molar-refractivity contribution >= 4 is 27.3 Å². The summed E-state index contributed by atoms with van der Waals surface area (Å²) >= 11 is 3.67. The Hall–Kier alpha value is -2.06. The van der Waals surface area contributed by atoms with Crippen molar-refractivity contribution in [2.24, 2.45) is 0 Å². The van der Waals surface area contributed by atoms with Gasteiger partial charge in [-0.3, -0.25) is 0 Å². The molecule has 0 saturated carbocycles. The number of para-hydroxylation sites is 1. The lowest BCUT2D eigenvalue weighted by Crippen LogP contribution is -1.97. The number of fused-ring (bicyclic) bond motifs is 2. The highest BCUT2D eigenvalue weighted by Crippen LogP contribution is 2.39. The van der Waals surface area contributed by atoms with Gasteiger partial charge >= 0.3 is 0 Å². The number of aryl methyl sites for hydroxylation is 2. The summed E-state index contributed by atoms with van der Waals surface area (Å²) < 4.78 is 1.14. The van der Waals surface area contributed by atoms with E-state index in [-0.39, 0.29) is 0 Å². The van der Waals surface area contributed by atoms with Crippen molar-refractivity contribution in [2.45, 2.75) is 12.8 Å². The summed E-state index contributed by atoms with van der Waals surface area (Å²) in [5, 5.41) is 3.68. The number of anilines is 2. The van der Waals surface area contributed by atoms with E-state index in [0.29, 0.717) is 0 Å². The Morgan fingerprint density at radius 2 is 1.50 bits per heavy atom. The van der Waals surface area contributed by atoms with Crippen molar-refractivity contribution in [2.75, 3.05) is 5.32 Å². The van der Waals surface area contributed by atoms with Gasteiger partial charge in [0.2, 0.25) is 0 Å². The van der Waals surface area contributed by atoms with Crippen LogP contribution in [0.4, 0.5) is 11.4 Å². The van der Waals surface area contributed by atoms with E-state index in [1.807, 2.05) is 0 Å². The molecule has 22 heavy (non-hydrogen) atoms. The zero-order valence-corrected chi connectivity index (χ0v) is 13.7. The van der Waals surface area contributed by atoms with Crippen LogP contribution in [0.25, 0.3) is 11.1 Å². The number of hydrogen-bond acceptors (Lipinski definition) is 1. The lowest BCUT2D eigenvalue weighted by Gasteiger charge is -2.16. The zero-order chi connectivity index (χ0) is 14.9. The summed E-state index contributed by atoms with van der Waals surface area (Å²) in [6.45, 7) is 0. The van der Waals surface area contributed by atoms with E-state index in [0.717, 1.165) is 17.3 Å². The third kappa shape index (κ3) is 2.44. The Balaban J connectivity index is 1.91. The average Bonchev–Trinajstić information content (AvgIpc) is 2.74. The van der Waals surface area contributed by atoms with Gasteiger partial charge in [0.15, 0.2) is 0 Å². The van der Waals surface area contributed by atoms with E-state index in [1.54, 1.807) is 0 Å². The van der Waals surface area contributed by atoms with Gasteiger partial charge in [-0.05, 0) is 47.7 Å². The zero-order valence-electron chi connectivity index (χ0n) is 12.1. The fourth-order valence-electron chi connectivity index (χ4n) is 3.12. The fraction of sp³-hybridized carbons (Fsp3) is 0.100. The summed E-state index contributed by atoms with van der Waals surface area (Å²) in [6.07, 6.45) is 2.12. The average molecular weight is 350 g/mol. The number of benzene rings is 3. The van der Waals surface area contributed by atoms with Crippen LogP contribution >= 0.6 is 15.9 Å². The maximum atomic E-state index is 3.68. The molecular formula is C20H16BrN. The van der Waals surface area contributed by atoms with Gasteiger partial charge in [-0.25, -0.2) is 0 Å². The van der Waals surface area contributed by atoms with Crippen molar-refractivity contribution < 1.29 is 0 Å². The maximum absolute atomic E-state index is 3.68. The molecule has 0 spiro atoms. The van der Waals surface area contributed by atoms with Gasteiger partial charge in [-0.15, -0.1) is 0 Å². The molecule has 0 atom stereocenters. The predicted molar refractivity (Wildman–Crippen MR) is 96.7 cm³/mol. The number of rotatable bonds is 1. The van der Waals surface area contributed by atoms with Crippen molar-refractivity contribution in [1.29, 1.82) is 0 Å². The lowest BCUT2D eigenvalue weighted by molar-refractivity contribution is 0.977. The third-order valence-corrected chi connectivity index (χ3v) is 4.67. The smallest absolute Gasteiger partial charge is 0.0497 e. The molecule has 1 aliphatic heterocycles. The summed E-state index contributed by atoms with van der Waals surface area (Å²) in [4.78, 5) is 0. The van der Waals surface area contributed by atoms with Crippen LogP contribution in [-0.4, -0.2) is 0 Å². The summed E-state index contributed by atoms with van der Waals surface area (Å²) in [7, 11) is 0. The summed E-state index contributed by atoms with van der Waals surface area (Å²) in [6, 6.07) is 23.6. The summed E-state index contributed by atoms with van der Waals surface area (Å²) in [5.74, 6) is 0. The first-order valence-corrected chi connectivity index (χ1v) is 8.33. The Bertz CT molecular complexity index is 824. The second kappa shape index (κ2) is 5.62. The first-order chi connectivity index (χ1) is 10.8. The number of halogens is 1. The molecule has 0 aliphatic carbocycles. The van der Waals surface area contributed by atoms with Gasteiger partial charge in [0.25, 0.3) is 0 Å². The molecule has 4 rings (SSSR count). The van der Waals surface area contributed by atoms with E-state index in [2.05, 4.69) is 88.0 Å². The highest BCUT2D eigenvalue weighted by Gasteiger charge is 2.17. The van der Waals surface area contributed by atoms with Gasteiger partial charge in [0.05, 0.1) is 0 Å². The molecule has 1 N–H and O–H groups in total. The van der Waals surface area contributed by atoms with Crippen LogP contribution in [0.2, 0.25) is 0 Å².